The molecule has 0 spiro atoms. The average molecular weight is 264 g/mol. The monoisotopic (exact) mass is 264 g/mol. The van der Waals surface area contributed by atoms with E-state index in [-0.39, 0.29) is 0 Å². The fourth-order valence-corrected chi connectivity index (χ4v) is 2.57. The molecule has 0 fully saturated rings. The van der Waals surface area contributed by atoms with Crippen LogP contribution in [0.5, 0.6) is 0 Å². The van der Waals surface area contributed by atoms with Crippen molar-refractivity contribution in [2.75, 3.05) is 5.75 Å². The summed E-state index contributed by atoms with van der Waals surface area (Å²) in [7, 11) is 0. The largest absolute Gasteiger partial charge is 0.311 e. The van der Waals surface area contributed by atoms with Crippen LogP contribution in [-0.4, -0.2) is 25.3 Å². The summed E-state index contributed by atoms with van der Waals surface area (Å²) in [6.07, 6.45) is 8.23. The number of imidazole rings is 1. The Morgan fingerprint density at radius 1 is 1.50 bits per heavy atom. The van der Waals surface area contributed by atoms with Gasteiger partial charge in [0, 0.05) is 0 Å². The molecule has 0 atom stereocenters. The number of hydrogen-bond donors (Lipinski definition) is 0. The SMILES string of the molecule is C#CCn1cnc2c(SCCCC)nc(F)nc21. The number of rotatable bonds is 5. The Hall–Kier alpha value is -1.61. The second kappa shape index (κ2) is 5.83. The minimum atomic E-state index is -0.736. The molecule has 2 aromatic rings. The van der Waals surface area contributed by atoms with Gasteiger partial charge in [-0.05, 0) is 12.2 Å². The number of thioether (sulfide) groups is 1. The maximum atomic E-state index is 13.4. The molecule has 0 N–H and O–H groups in total. The van der Waals surface area contributed by atoms with E-state index in [0.29, 0.717) is 22.7 Å². The molecule has 0 aliphatic heterocycles. The van der Waals surface area contributed by atoms with Gasteiger partial charge in [0.05, 0.1) is 12.9 Å². The highest BCUT2D eigenvalue weighted by molar-refractivity contribution is 7.99. The first-order chi connectivity index (χ1) is 8.76. The van der Waals surface area contributed by atoms with E-state index < -0.39 is 6.08 Å². The van der Waals surface area contributed by atoms with Crippen molar-refractivity contribution in [2.24, 2.45) is 0 Å². The Labute approximate surface area is 109 Å². The molecule has 0 bridgehead atoms. The predicted octanol–water partition coefficient (Wildman–Crippen LogP) is 2.49. The molecule has 0 saturated heterocycles. The first kappa shape index (κ1) is 12.8. The first-order valence-electron chi connectivity index (χ1n) is 5.71. The summed E-state index contributed by atoms with van der Waals surface area (Å²) < 4.78 is 15.0. The van der Waals surface area contributed by atoms with Crippen LogP contribution in [-0.2, 0) is 6.54 Å². The highest BCUT2D eigenvalue weighted by Crippen LogP contribution is 2.24. The Bertz CT molecular complexity index is 588. The fourth-order valence-electron chi connectivity index (χ4n) is 1.52. The van der Waals surface area contributed by atoms with Crippen molar-refractivity contribution in [2.45, 2.75) is 31.3 Å². The quantitative estimate of drug-likeness (QED) is 0.273. The summed E-state index contributed by atoms with van der Waals surface area (Å²) in [5, 5.41) is 0.585. The van der Waals surface area contributed by atoms with Crippen LogP contribution >= 0.6 is 11.8 Å². The van der Waals surface area contributed by atoms with E-state index >= 15 is 0 Å². The summed E-state index contributed by atoms with van der Waals surface area (Å²) in [4.78, 5) is 11.8. The van der Waals surface area contributed by atoms with Crippen LogP contribution < -0.4 is 0 Å². The van der Waals surface area contributed by atoms with Gasteiger partial charge >= 0.3 is 6.08 Å². The van der Waals surface area contributed by atoms with Gasteiger partial charge in [-0.15, -0.1) is 18.2 Å². The van der Waals surface area contributed by atoms with Crippen LogP contribution in [0.2, 0.25) is 0 Å². The summed E-state index contributed by atoms with van der Waals surface area (Å²) in [5.41, 5.74) is 1.08. The number of hydrogen-bond acceptors (Lipinski definition) is 4. The van der Waals surface area contributed by atoms with Crippen LogP contribution in [0, 0.1) is 18.4 Å². The maximum Gasteiger partial charge on any atom is 0.311 e. The zero-order chi connectivity index (χ0) is 13.0. The van der Waals surface area contributed by atoms with Gasteiger partial charge < -0.3 is 4.57 Å². The standard InChI is InChI=1S/C12H13FN4S/c1-3-5-7-18-11-9-10(15-12(13)16-11)17(6-4-2)8-14-9/h2,8H,3,5-7H2,1H3. The van der Waals surface area contributed by atoms with Gasteiger partial charge in [0.2, 0.25) is 0 Å². The van der Waals surface area contributed by atoms with Crippen LogP contribution in [0.1, 0.15) is 19.8 Å². The van der Waals surface area contributed by atoms with Gasteiger partial charge in [0.1, 0.15) is 10.5 Å². The third kappa shape index (κ3) is 2.62. The highest BCUT2D eigenvalue weighted by atomic mass is 32.2. The normalized spacial score (nSPS) is 10.7. The minimum absolute atomic E-state index is 0.325. The number of fused-ring (bicyclic) bond motifs is 1. The number of aromatic nitrogens is 4. The first-order valence-corrected chi connectivity index (χ1v) is 6.69. The van der Waals surface area contributed by atoms with Crippen LogP contribution in [0.15, 0.2) is 11.4 Å². The summed E-state index contributed by atoms with van der Waals surface area (Å²) in [5.74, 6) is 3.38. The van der Waals surface area contributed by atoms with E-state index in [1.54, 1.807) is 10.9 Å². The van der Waals surface area contributed by atoms with E-state index in [0.717, 1.165) is 18.6 Å². The summed E-state index contributed by atoms with van der Waals surface area (Å²) in [6.45, 7) is 2.43. The highest BCUT2D eigenvalue weighted by Gasteiger charge is 2.13. The molecule has 6 heteroatoms. The summed E-state index contributed by atoms with van der Waals surface area (Å²) in [6, 6.07) is 0. The molecule has 2 rings (SSSR count). The molecule has 0 aliphatic rings. The van der Waals surface area contributed by atoms with Gasteiger partial charge in [-0.3, -0.25) is 0 Å². The van der Waals surface area contributed by atoms with Crippen molar-refractivity contribution in [1.29, 1.82) is 0 Å². The smallest absolute Gasteiger partial charge is 0.303 e. The lowest BCUT2D eigenvalue weighted by molar-refractivity contribution is 0.531. The van der Waals surface area contributed by atoms with Gasteiger partial charge in [-0.25, -0.2) is 4.98 Å². The molecular formula is C12H13FN4S. The van der Waals surface area contributed by atoms with Crippen molar-refractivity contribution >= 4 is 22.9 Å². The predicted molar refractivity (Wildman–Crippen MR) is 69.7 cm³/mol. The lowest BCUT2D eigenvalue weighted by Crippen LogP contribution is -1.99. The molecule has 0 saturated carbocycles. The molecule has 0 amide bonds. The average Bonchev–Trinajstić information content (AvgIpc) is 2.73. The number of halogens is 1. The fraction of sp³-hybridized carbons (Fsp3) is 0.417. The molecule has 2 heterocycles. The van der Waals surface area contributed by atoms with Crippen LogP contribution in [0.3, 0.4) is 0 Å². The Kier molecular flexibility index (Phi) is 4.15. The molecular weight excluding hydrogens is 251 g/mol. The van der Waals surface area contributed by atoms with E-state index in [2.05, 4.69) is 27.8 Å². The molecule has 0 aromatic carbocycles. The van der Waals surface area contributed by atoms with Crippen LogP contribution in [0.25, 0.3) is 11.2 Å². The minimum Gasteiger partial charge on any atom is -0.303 e. The zero-order valence-corrected chi connectivity index (χ0v) is 10.9. The van der Waals surface area contributed by atoms with E-state index in [1.807, 2.05) is 0 Å². The Morgan fingerprint density at radius 3 is 3.06 bits per heavy atom. The van der Waals surface area contributed by atoms with Gasteiger partial charge in [-0.2, -0.15) is 14.4 Å². The van der Waals surface area contributed by atoms with Gasteiger partial charge in [0.15, 0.2) is 5.65 Å². The lowest BCUT2D eigenvalue weighted by Gasteiger charge is -2.02. The van der Waals surface area contributed by atoms with Gasteiger partial charge in [-0.1, -0.05) is 19.3 Å². The second-order valence-electron chi connectivity index (χ2n) is 3.75. The van der Waals surface area contributed by atoms with Crippen molar-refractivity contribution < 1.29 is 4.39 Å². The van der Waals surface area contributed by atoms with Crippen molar-refractivity contribution in [3.8, 4) is 12.3 Å². The number of nitrogens with zero attached hydrogens (tertiary/aromatic N) is 4. The van der Waals surface area contributed by atoms with Gasteiger partial charge in [0.25, 0.3) is 0 Å². The topological polar surface area (TPSA) is 43.6 Å². The number of terminal acetylenes is 1. The Balaban J connectivity index is 2.38. The molecule has 2 aromatic heterocycles. The molecule has 18 heavy (non-hydrogen) atoms. The summed E-state index contributed by atoms with van der Waals surface area (Å²) >= 11 is 1.50. The second-order valence-corrected chi connectivity index (χ2v) is 4.83. The van der Waals surface area contributed by atoms with Crippen molar-refractivity contribution in [3.05, 3.63) is 12.4 Å². The number of unbranched alkanes of at least 4 members (excludes halogenated alkanes) is 1. The van der Waals surface area contributed by atoms with Crippen LogP contribution in [0.4, 0.5) is 4.39 Å². The zero-order valence-electron chi connectivity index (χ0n) is 10.1. The van der Waals surface area contributed by atoms with E-state index in [4.69, 9.17) is 6.42 Å². The molecule has 0 aliphatic carbocycles. The van der Waals surface area contributed by atoms with Crippen molar-refractivity contribution in [3.63, 3.8) is 0 Å². The Morgan fingerprint density at radius 2 is 2.33 bits per heavy atom. The third-order valence-corrected chi connectivity index (χ3v) is 3.45. The lowest BCUT2D eigenvalue weighted by atomic mass is 10.4. The van der Waals surface area contributed by atoms with Crippen molar-refractivity contribution in [1.82, 2.24) is 19.5 Å². The van der Waals surface area contributed by atoms with E-state index in [9.17, 15) is 4.39 Å². The molecule has 94 valence electrons. The third-order valence-electron chi connectivity index (χ3n) is 2.40. The molecule has 0 unspecified atom stereocenters. The molecule has 0 radical (unpaired) electrons. The van der Waals surface area contributed by atoms with E-state index in [1.165, 1.54) is 11.8 Å². The maximum absolute atomic E-state index is 13.4. The molecule has 4 nitrogen and oxygen atoms in total.